The summed E-state index contributed by atoms with van der Waals surface area (Å²) in [6.07, 6.45) is 4.81. The van der Waals surface area contributed by atoms with Crippen molar-refractivity contribution in [3.8, 4) is 0 Å². The Morgan fingerprint density at radius 2 is 1.60 bits per heavy atom. The SMILES string of the molecule is CC1([Si](C)(C)c2ccccc2)C=C(O[Si](C)(C)C)CC1. The fraction of sp³-hybridized carbons (Fsp3) is 0.529. The fourth-order valence-corrected chi connectivity index (χ4v) is 6.94. The first-order chi connectivity index (χ1) is 9.14. The number of hydrogen-bond acceptors (Lipinski definition) is 1. The Morgan fingerprint density at radius 3 is 2.15 bits per heavy atom. The molecule has 0 bridgehead atoms. The summed E-state index contributed by atoms with van der Waals surface area (Å²) >= 11 is 0. The second-order valence-corrected chi connectivity index (χ2v) is 17.1. The number of hydrogen-bond donors (Lipinski definition) is 0. The van der Waals surface area contributed by atoms with Gasteiger partial charge in [0, 0.05) is 6.42 Å². The lowest BCUT2D eigenvalue weighted by Crippen LogP contribution is -2.50. The van der Waals surface area contributed by atoms with Gasteiger partial charge in [-0.1, -0.05) is 55.5 Å². The third-order valence-corrected chi connectivity index (χ3v) is 10.6. The summed E-state index contributed by atoms with van der Waals surface area (Å²) in [6.45, 7) is 14.2. The molecular weight excluding hydrogens is 276 g/mol. The van der Waals surface area contributed by atoms with E-state index in [0.717, 1.165) is 6.42 Å². The molecule has 1 aromatic rings. The molecule has 1 aromatic carbocycles. The van der Waals surface area contributed by atoms with Crippen molar-refractivity contribution in [1.82, 2.24) is 0 Å². The van der Waals surface area contributed by atoms with Crippen LogP contribution in [-0.4, -0.2) is 16.4 Å². The summed E-state index contributed by atoms with van der Waals surface area (Å²) in [5.74, 6) is 1.25. The van der Waals surface area contributed by atoms with Crippen LogP contribution in [0.5, 0.6) is 0 Å². The van der Waals surface area contributed by atoms with E-state index < -0.39 is 16.4 Å². The maximum atomic E-state index is 6.25. The monoisotopic (exact) mass is 304 g/mol. The quantitative estimate of drug-likeness (QED) is 0.720. The van der Waals surface area contributed by atoms with Gasteiger partial charge in [0.25, 0.3) is 0 Å². The second kappa shape index (κ2) is 5.19. The van der Waals surface area contributed by atoms with Crippen LogP contribution in [0.2, 0.25) is 37.8 Å². The van der Waals surface area contributed by atoms with Gasteiger partial charge in [0.1, 0.15) is 0 Å². The van der Waals surface area contributed by atoms with Gasteiger partial charge >= 0.3 is 0 Å². The highest BCUT2D eigenvalue weighted by molar-refractivity contribution is 6.92. The molecule has 1 unspecified atom stereocenters. The molecule has 0 aliphatic heterocycles. The molecule has 0 aromatic heterocycles. The van der Waals surface area contributed by atoms with Gasteiger partial charge in [0.2, 0.25) is 8.32 Å². The van der Waals surface area contributed by atoms with Crippen molar-refractivity contribution in [2.75, 3.05) is 0 Å². The van der Waals surface area contributed by atoms with Crippen LogP contribution in [0.3, 0.4) is 0 Å². The van der Waals surface area contributed by atoms with Gasteiger partial charge in [-0.2, -0.15) is 0 Å². The summed E-state index contributed by atoms with van der Waals surface area (Å²) in [4.78, 5) is 0. The highest BCUT2D eigenvalue weighted by atomic mass is 28.4. The van der Waals surface area contributed by atoms with Crippen molar-refractivity contribution in [3.05, 3.63) is 42.2 Å². The number of benzene rings is 1. The first-order valence-corrected chi connectivity index (χ1v) is 14.0. The van der Waals surface area contributed by atoms with E-state index in [9.17, 15) is 0 Å². The van der Waals surface area contributed by atoms with E-state index in [2.05, 4.69) is 76.1 Å². The van der Waals surface area contributed by atoms with E-state index in [0.29, 0.717) is 5.04 Å². The van der Waals surface area contributed by atoms with Crippen LogP contribution in [-0.2, 0) is 4.43 Å². The highest BCUT2D eigenvalue weighted by Gasteiger charge is 2.45. The Hall–Kier alpha value is -0.806. The lowest BCUT2D eigenvalue weighted by Gasteiger charge is -2.39. The molecule has 20 heavy (non-hydrogen) atoms. The Kier molecular flexibility index (Phi) is 4.04. The Morgan fingerprint density at radius 1 is 1.00 bits per heavy atom. The molecule has 3 heteroatoms. The van der Waals surface area contributed by atoms with Crippen molar-refractivity contribution < 1.29 is 4.43 Å². The molecule has 2 rings (SSSR count). The van der Waals surface area contributed by atoms with Crippen LogP contribution in [0.15, 0.2) is 42.2 Å². The van der Waals surface area contributed by atoms with Crippen LogP contribution in [0.25, 0.3) is 0 Å². The summed E-state index contributed by atoms with van der Waals surface area (Å²) in [6, 6.07) is 11.1. The van der Waals surface area contributed by atoms with Gasteiger partial charge in [0.05, 0.1) is 13.8 Å². The minimum Gasteiger partial charge on any atom is -0.548 e. The Bertz CT molecular complexity index is 499. The van der Waals surface area contributed by atoms with Crippen LogP contribution in [0.1, 0.15) is 19.8 Å². The normalized spacial score (nSPS) is 23.6. The number of allylic oxidation sites excluding steroid dienone is 2. The second-order valence-electron chi connectivity index (χ2n) is 7.73. The molecule has 0 amide bonds. The third-order valence-electron chi connectivity index (χ3n) is 4.73. The predicted octanol–water partition coefficient (Wildman–Crippen LogP) is 4.89. The Labute approximate surface area is 126 Å². The van der Waals surface area contributed by atoms with E-state index in [1.54, 1.807) is 5.19 Å². The van der Waals surface area contributed by atoms with Gasteiger partial charge in [0.15, 0.2) is 0 Å². The van der Waals surface area contributed by atoms with Crippen molar-refractivity contribution in [1.29, 1.82) is 0 Å². The first kappa shape index (κ1) is 15.6. The molecular formula is C17H28OSi2. The van der Waals surface area contributed by atoms with E-state index in [-0.39, 0.29) is 0 Å². The zero-order valence-corrected chi connectivity index (χ0v) is 15.8. The molecule has 0 fully saturated rings. The molecule has 1 aliphatic rings. The van der Waals surface area contributed by atoms with Gasteiger partial charge in [-0.15, -0.1) is 0 Å². The smallest absolute Gasteiger partial charge is 0.241 e. The van der Waals surface area contributed by atoms with Gasteiger partial charge < -0.3 is 4.43 Å². The van der Waals surface area contributed by atoms with E-state index >= 15 is 0 Å². The van der Waals surface area contributed by atoms with Crippen LogP contribution in [0, 0.1) is 0 Å². The first-order valence-electron chi connectivity index (χ1n) is 7.60. The largest absolute Gasteiger partial charge is 0.548 e. The van der Waals surface area contributed by atoms with Crippen molar-refractivity contribution in [2.45, 2.75) is 57.5 Å². The highest BCUT2D eigenvalue weighted by Crippen LogP contribution is 2.50. The summed E-state index contributed by atoms with van der Waals surface area (Å²) in [7, 11) is -3.00. The summed E-state index contributed by atoms with van der Waals surface area (Å²) < 4.78 is 6.25. The predicted molar refractivity (Wildman–Crippen MR) is 93.7 cm³/mol. The molecule has 0 heterocycles. The average molecular weight is 305 g/mol. The molecule has 110 valence electrons. The van der Waals surface area contributed by atoms with Gasteiger partial charge in [-0.25, -0.2) is 0 Å². The topological polar surface area (TPSA) is 9.23 Å². The van der Waals surface area contributed by atoms with Crippen molar-refractivity contribution in [2.24, 2.45) is 0 Å². The zero-order valence-electron chi connectivity index (χ0n) is 13.8. The summed E-state index contributed by atoms with van der Waals surface area (Å²) in [5.41, 5.74) is 0. The van der Waals surface area contributed by atoms with E-state index in [4.69, 9.17) is 4.43 Å². The fourth-order valence-electron chi connectivity index (χ4n) is 3.03. The van der Waals surface area contributed by atoms with Crippen molar-refractivity contribution in [3.63, 3.8) is 0 Å². The molecule has 0 saturated heterocycles. The molecule has 1 nitrogen and oxygen atoms in total. The van der Waals surface area contributed by atoms with E-state index in [1.165, 1.54) is 12.2 Å². The van der Waals surface area contributed by atoms with Gasteiger partial charge in [-0.05, 0) is 37.2 Å². The lowest BCUT2D eigenvalue weighted by molar-refractivity contribution is 0.407. The zero-order chi connectivity index (χ0) is 15.0. The van der Waals surface area contributed by atoms with E-state index in [1.807, 2.05) is 0 Å². The number of rotatable bonds is 4. The molecule has 0 N–H and O–H groups in total. The van der Waals surface area contributed by atoms with Crippen LogP contribution >= 0.6 is 0 Å². The van der Waals surface area contributed by atoms with Crippen LogP contribution in [0.4, 0.5) is 0 Å². The molecule has 0 spiro atoms. The van der Waals surface area contributed by atoms with Crippen molar-refractivity contribution >= 4 is 21.6 Å². The molecule has 0 radical (unpaired) electrons. The molecule has 1 atom stereocenters. The van der Waals surface area contributed by atoms with Gasteiger partial charge in [-0.3, -0.25) is 0 Å². The molecule has 1 aliphatic carbocycles. The van der Waals surface area contributed by atoms with Crippen LogP contribution < -0.4 is 5.19 Å². The summed E-state index contributed by atoms with van der Waals surface area (Å²) in [5, 5.41) is 1.86. The minimum absolute atomic E-state index is 0.309. The third kappa shape index (κ3) is 3.09. The molecule has 0 saturated carbocycles. The Balaban J connectivity index is 2.28. The standard InChI is InChI=1S/C17H28OSi2/c1-17(13-12-15(14-17)18-19(2,3)4)20(5,6)16-10-8-7-9-11-16/h7-11,14H,12-13H2,1-6H3. The lowest BCUT2D eigenvalue weighted by atomic mass is 10.1. The minimum atomic E-state index is -1.53. The average Bonchev–Trinajstić information content (AvgIpc) is 2.71. The maximum absolute atomic E-state index is 6.25. The maximum Gasteiger partial charge on any atom is 0.241 e.